The first-order chi connectivity index (χ1) is 14.5. The van der Waals surface area contributed by atoms with E-state index in [4.69, 9.17) is 27.9 Å². The van der Waals surface area contributed by atoms with E-state index in [-0.39, 0.29) is 24.1 Å². The maximum atomic E-state index is 13.6. The van der Waals surface area contributed by atoms with Gasteiger partial charge in [-0.25, -0.2) is 0 Å². The van der Waals surface area contributed by atoms with Gasteiger partial charge in [-0.2, -0.15) is 0 Å². The van der Waals surface area contributed by atoms with Gasteiger partial charge in [0.05, 0.1) is 6.04 Å². The van der Waals surface area contributed by atoms with E-state index in [9.17, 15) is 4.79 Å². The van der Waals surface area contributed by atoms with Crippen LogP contribution in [0.1, 0.15) is 55.9 Å². The van der Waals surface area contributed by atoms with Crippen molar-refractivity contribution in [1.29, 1.82) is 0 Å². The fraction of sp³-hybridized carbons (Fsp3) is 0.400. The summed E-state index contributed by atoms with van der Waals surface area (Å²) in [4.78, 5) is 15.7. The lowest BCUT2D eigenvalue weighted by Crippen LogP contribution is -2.55. The molecule has 1 saturated carbocycles. The lowest BCUT2D eigenvalue weighted by atomic mass is 9.88. The predicted molar refractivity (Wildman–Crippen MR) is 122 cm³/mol. The molecule has 2 aromatic carbocycles. The third-order valence-electron chi connectivity index (χ3n) is 6.14. The Morgan fingerprint density at radius 3 is 2.47 bits per heavy atom. The smallest absolute Gasteiger partial charge is 0.252 e. The van der Waals surface area contributed by atoms with E-state index < -0.39 is 6.10 Å². The largest absolute Gasteiger partial charge is 0.358 e. The molecule has 0 radical (unpaired) electrons. The molecule has 0 N–H and O–H groups in total. The number of carbonyl (C=O) groups excluding carboxylic acids is 1. The van der Waals surface area contributed by atoms with E-state index in [2.05, 4.69) is 18.4 Å². The number of hydrogen-bond acceptors (Lipinski definition) is 2. The summed E-state index contributed by atoms with van der Waals surface area (Å²) in [6.07, 6.45) is 4.65. The minimum Gasteiger partial charge on any atom is -0.358 e. The van der Waals surface area contributed by atoms with Crippen molar-refractivity contribution < 1.29 is 9.53 Å². The molecule has 5 heteroatoms. The molecule has 1 heterocycles. The molecule has 0 unspecified atom stereocenters. The number of benzene rings is 2. The molecule has 4 rings (SSSR count). The monoisotopic (exact) mass is 443 g/mol. The lowest BCUT2D eigenvalue weighted by molar-refractivity contribution is -0.180. The van der Waals surface area contributed by atoms with E-state index in [1.54, 1.807) is 6.08 Å². The van der Waals surface area contributed by atoms with Gasteiger partial charge in [0.15, 0.2) is 0 Å². The van der Waals surface area contributed by atoms with E-state index >= 15 is 0 Å². The predicted octanol–water partition coefficient (Wildman–Crippen LogP) is 6.77. The summed E-state index contributed by atoms with van der Waals surface area (Å²) in [6, 6.07) is 15.5. The van der Waals surface area contributed by atoms with Gasteiger partial charge in [0.2, 0.25) is 0 Å². The number of nitrogens with zero attached hydrogens (tertiary/aromatic N) is 1. The van der Waals surface area contributed by atoms with Crippen molar-refractivity contribution in [2.45, 2.75) is 56.9 Å². The molecule has 0 spiro atoms. The number of rotatable bonds is 7. The molecule has 1 amide bonds. The Morgan fingerprint density at radius 1 is 1.13 bits per heavy atom. The van der Waals surface area contributed by atoms with Crippen molar-refractivity contribution in [2.75, 3.05) is 0 Å². The van der Waals surface area contributed by atoms with Gasteiger partial charge in [0.25, 0.3) is 5.91 Å². The van der Waals surface area contributed by atoms with E-state index in [1.807, 2.05) is 48.5 Å². The standard InChI is InChI=1S/C25H27Cl2NO2/c1-3-6-22-25(29)28(21(4-2)16-9-10-16)23(17-11-13-19(26)14-12-17)24(30-22)18-7-5-8-20(27)15-18/h3,5,7-8,11-16,21-24H,1,4,6,9-10H2,2H3/t21-,22+,23-,24+/m0/s1. The van der Waals surface area contributed by atoms with Crippen LogP contribution >= 0.6 is 23.2 Å². The lowest BCUT2D eigenvalue weighted by Gasteiger charge is -2.48. The number of hydrogen-bond donors (Lipinski definition) is 0. The Hall–Kier alpha value is -1.81. The molecule has 2 aromatic rings. The van der Waals surface area contributed by atoms with Crippen molar-refractivity contribution in [3.05, 3.63) is 82.4 Å². The first-order valence-electron chi connectivity index (χ1n) is 10.6. The van der Waals surface area contributed by atoms with Crippen LogP contribution in [0.15, 0.2) is 61.2 Å². The summed E-state index contributed by atoms with van der Waals surface area (Å²) in [7, 11) is 0. The first kappa shape index (κ1) is 21.4. The topological polar surface area (TPSA) is 29.5 Å². The Bertz CT molecular complexity index is 910. The number of amides is 1. The number of halogens is 2. The Labute approximate surface area is 188 Å². The zero-order chi connectivity index (χ0) is 21.3. The van der Waals surface area contributed by atoms with Gasteiger partial charge >= 0.3 is 0 Å². The van der Waals surface area contributed by atoms with E-state index in [0.29, 0.717) is 22.4 Å². The number of ether oxygens (including phenoxy) is 1. The highest BCUT2D eigenvalue weighted by Crippen LogP contribution is 2.48. The maximum Gasteiger partial charge on any atom is 0.252 e. The van der Waals surface area contributed by atoms with Crippen molar-refractivity contribution in [1.82, 2.24) is 4.90 Å². The van der Waals surface area contributed by atoms with Gasteiger partial charge < -0.3 is 9.64 Å². The van der Waals surface area contributed by atoms with Crippen LogP contribution in [0.3, 0.4) is 0 Å². The fourth-order valence-electron chi connectivity index (χ4n) is 4.61. The zero-order valence-electron chi connectivity index (χ0n) is 17.1. The molecule has 1 aliphatic carbocycles. The second kappa shape index (κ2) is 9.13. The summed E-state index contributed by atoms with van der Waals surface area (Å²) in [6.45, 7) is 6.01. The van der Waals surface area contributed by atoms with Gasteiger partial charge in [-0.15, -0.1) is 6.58 Å². The van der Waals surface area contributed by atoms with Crippen molar-refractivity contribution in [3.63, 3.8) is 0 Å². The molecule has 158 valence electrons. The van der Waals surface area contributed by atoms with Crippen molar-refractivity contribution in [2.24, 2.45) is 5.92 Å². The van der Waals surface area contributed by atoms with E-state index in [1.165, 1.54) is 12.8 Å². The summed E-state index contributed by atoms with van der Waals surface area (Å²) in [5.74, 6) is 0.600. The fourth-order valence-corrected chi connectivity index (χ4v) is 4.94. The van der Waals surface area contributed by atoms with Crippen LogP contribution < -0.4 is 0 Å². The summed E-state index contributed by atoms with van der Waals surface area (Å²) >= 11 is 12.5. The third kappa shape index (κ3) is 4.30. The summed E-state index contributed by atoms with van der Waals surface area (Å²) in [5.41, 5.74) is 1.99. The molecular formula is C25H27Cl2NO2. The van der Waals surface area contributed by atoms with Crippen molar-refractivity contribution >= 4 is 29.1 Å². The molecule has 3 nitrogen and oxygen atoms in total. The molecular weight excluding hydrogens is 417 g/mol. The van der Waals surface area contributed by atoms with Crippen LogP contribution in [0.4, 0.5) is 0 Å². The van der Waals surface area contributed by atoms with Crippen LogP contribution in [0.25, 0.3) is 0 Å². The molecule has 1 saturated heterocycles. The first-order valence-corrected chi connectivity index (χ1v) is 11.4. The van der Waals surface area contributed by atoms with Gasteiger partial charge in [-0.05, 0) is 60.6 Å². The second-order valence-electron chi connectivity index (χ2n) is 8.18. The zero-order valence-corrected chi connectivity index (χ0v) is 18.6. The molecule has 2 aliphatic rings. The van der Waals surface area contributed by atoms with Gasteiger partial charge in [0.1, 0.15) is 12.2 Å². The molecule has 0 bridgehead atoms. The van der Waals surface area contributed by atoms with Crippen LogP contribution in [0.5, 0.6) is 0 Å². The highest BCUT2D eigenvalue weighted by Gasteiger charge is 2.49. The molecule has 4 atom stereocenters. The maximum absolute atomic E-state index is 13.6. The normalized spacial score (nSPS) is 25.2. The van der Waals surface area contributed by atoms with Gasteiger partial charge in [-0.1, -0.05) is 60.5 Å². The Kier molecular flexibility index (Phi) is 6.52. The van der Waals surface area contributed by atoms with Crippen molar-refractivity contribution in [3.8, 4) is 0 Å². The molecule has 30 heavy (non-hydrogen) atoms. The minimum absolute atomic E-state index is 0.0480. The second-order valence-corrected chi connectivity index (χ2v) is 9.05. The highest BCUT2D eigenvalue weighted by atomic mass is 35.5. The average Bonchev–Trinajstić information content (AvgIpc) is 3.57. The third-order valence-corrected chi connectivity index (χ3v) is 6.63. The van der Waals surface area contributed by atoms with Crippen LogP contribution in [-0.4, -0.2) is 23.0 Å². The van der Waals surface area contributed by atoms with Crippen LogP contribution in [0, 0.1) is 5.92 Å². The van der Waals surface area contributed by atoms with Crippen LogP contribution in [0.2, 0.25) is 10.0 Å². The van der Waals surface area contributed by atoms with Gasteiger partial charge in [0, 0.05) is 22.5 Å². The number of morpholine rings is 1. The molecule has 1 aliphatic heterocycles. The SMILES string of the molecule is C=CC[C@H]1O[C@H](c2cccc(Cl)c2)[C@H](c2ccc(Cl)cc2)N([C@@H](CC)C2CC2)C1=O. The number of carbonyl (C=O) groups is 1. The Morgan fingerprint density at radius 2 is 1.87 bits per heavy atom. The van der Waals surface area contributed by atoms with Gasteiger partial charge in [-0.3, -0.25) is 4.79 Å². The average molecular weight is 444 g/mol. The summed E-state index contributed by atoms with van der Waals surface area (Å²) in [5, 5.41) is 1.33. The summed E-state index contributed by atoms with van der Waals surface area (Å²) < 4.78 is 6.45. The van der Waals surface area contributed by atoms with Crippen LogP contribution in [-0.2, 0) is 9.53 Å². The minimum atomic E-state index is -0.539. The quantitative estimate of drug-likeness (QED) is 0.441. The highest BCUT2D eigenvalue weighted by molar-refractivity contribution is 6.30. The molecule has 2 fully saturated rings. The Balaban J connectivity index is 1.84. The van der Waals surface area contributed by atoms with E-state index in [0.717, 1.165) is 17.5 Å². The molecule has 0 aromatic heterocycles.